The number of hydrogen-bond donors (Lipinski definition) is 1. The van der Waals surface area contributed by atoms with Gasteiger partial charge in [0.25, 0.3) is 0 Å². The second-order valence-corrected chi connectivity index (χ2v) is 8.28. The summed E-state index contributed by atoms with van der Waals surface area (Å²) in [5, 5.41) is 3.24. The first-order valence-corrected chi connectivity index (χ1v) is 11.0. The molecule has 3 rings (SSSR count). The van der Waals surface area contributed by atoms with Crippen molar-refractivity contribution in [1.82, 2.24) is 5.32 Å². The van der Waals surface area contributed by atoms with Crippen molar-refractivity contribution in [3.8, 4) is 11.5 Å². The van der Waals surface area contributed by atoms with Gasteiger partial charge in [-0.25, -0.2) is 4.79 Å². The van der Waals surface area contributed by atoms with Gasteiger partial charge in [-0.15, -0.1) is 0 Å². The number of ketones is 1. The predicted octanol–water partition coefficient (Wildman–Crippen LogP) is 3.27. The average molecular weight is 458 g/mol. The summed E-state index contributed by atoms with van der Waals surface area (Å²) in [4.78, 5) is 39.5. The molecule has 1 aromatic carbocycles. The van der Waals surface area contributed by atoms with Gasteiger partial charge in [0.2, 0.25) is 0 Å². The van der Waals surface area contributed by atoms with Crippen LogP contribution in [0.5, 0.6) is 11.5 Å². The number of ether oxygens (including phenoxy) is 4. The van der Waals surface area contributed by atoms with Gasteiger partial charge in [0.1, 0.15) is 17.4 Å². The van der Waals surface area contributed by atoms with Crippen molar-refractivity contribution < 1.29 is 33.3 Å². The Morgan fingerprint density at radius 1 is 1.15 bits per heavy atom. The van der Waals surface area contributed by atoms with E-state index in [0.717, 1.165) is 0 Å². The zero-order chi connectivity index (χ0) is 24.3. The molecule has 0 spiro atoms. The molecule has 33 heavy (non-hydrogen) atoms. The zero-order valence-corrected chi connectivity index (χ0v) is 19.9. The fourth-order valence-electron chi connectivity index (χ4n) is 4.60. The fraction of sp³-hybridized carbons (Fsp3) is 0.480. The van der Waals surface area contributed by atoms with E-state index >= 15 is 0 Å². The van der Waals surface area contributed by atoms with E-state index in [9.17, 15) is 14.4 Å². The zero-order valence-electron chi connectivity index (χ0n) is 19.9. The Kier molecular flexibility index (Phi) is 7.46. The SMILES string of the molecule is CCCOC(=O)C1=C(C)NC2=C(C(=O)[C@H](C(=O)OC)[C@H](C)C2)[C@H]1c1cc(OC)ccc1OC. The first-order chi connectivity index (χ1) is 15.8. The molecule has 1 aliphatic heterocycles. The molecule has 0 unspecified atom stereocenters. The monoisotopic (exact) mass is 457 g/mol. The molecule has 178 valence electrons. The van der Waals surface area contributed by atoms with Crippen LogP contribution in [0, 0.1) is 11.8 Å². The predicted molar refractivity (Wildman–Crippen MR) is 121 cm³/mol. The third-order valence-corrected chi connectivity index (χ3v) is 6.15. The molecule has 1 N–H and O–H groups in total. The number of carbonyl (C=O) groups excluding carboxylic acids is 3. The minimum atomic E-state index is -0.957. The molecule has 1 aromatic rings. The number of carbonyl (C=O) groups is 3. The standard InChI is InChI=1S/C25H31NO7/c1-7-10-33-25(29)20-14(3)26-17-11-13(2)19(24(28)32-6)23(27)22(17)21(20)16-12-15(30-4)8-9-18(16)31-5/h8-9,12-13,19,21,26H,7,10-11H2,1-6H3/t13-,19-,21+/m1/s1. The number of methoxy groups -OCH3 is 3. The van der Waals surface area contributed by atoms with Gasteiger partial charge in [0.15, 0.2) is 5.78 Å². The van der Waals surface area contributed by atoms with Gasteiger partial charge in [-0.2, -0.15) is 0 Å². The molecule has 0 fully saturated rings. The highest BCUT2D eigenvalue weighted by molar-refractivity contribution is 6.12. The van der Waals surface area contributed by atoms with Crippen molar-refractivity contribution in [3.05, 3.63) is 46.3 Å². The number of rotatable bonds is 7. The number of benzene rings is 1. The van der Waals surface area contributed by atoms with E-state index in [1.807, 2.05) is 13.8 Å². The molecule has 2 aliphatic rings. The van der Waals surface area contributed by atoms with Crippen LogP contribution in [-0.4, -0.2) is 45.7 Å². The highest BCUT2D eigenvalue weighted by Crippen LogP contribution is 2.48. The minimum Gasteiger partial charge on any atom is -0.497 e. The van der Waals surface area contributed by atoms with Crippen LogP contribution in [0.2, 0.25) is 0 Å². The Bertz CT molecular complexity index is 1020. The lowest BCUT2D eigenvalue weighted by atomic mass is 9.69. The molecule has 8 nitrogen and oxygen atoms in total. The smallest absolute Gasteiger partial charge is 0.336 e. The molecular weight excluding hydrogens is 426 g/mol. The summed E-state index contributed by atoms with van der Waals surface area (Å²) < 4.78 is 21.4. The van der Waals surface area contributed by atoms with E-state index in [1.54, 1.807) is 25.1 Å². The molecule has 0 radical (unpaired) electrons. The maximum atomic E-state index is 13.8. The summed E-state index contributed by atoms with van der Waals surface area (Å²) in [7, 11) is 4.33. The van der Waals surface area contributed by atoms with Crippen LogP contribution < -0.4 is 14.8 Å². The van der Waals surface area contributed by atoms with Gasteiger partial charge in [0, 0.05) is 22.5 Å². The third kappa shape index (κ3) is 4.47. The van der Waals surface area contributed by atoms with Gasteiger partial charge in [-0.3, -0.25) is 9.59 Å². The Labute approximate surface area is 193 Å². The van der Waals surface area contributed by atoms with E-state index in [0.29, 0.717) is 52.4 Å². The van der Waals surface area contributed by atoms with Crippen LogP contribution in [0.4, 0.5) is 0 Å². The first-order valence-electron chi connectivity index (χ1n) is 11.0. The van der Waals surface area contributed by atoms with Crippen LogP contribution in [0.3, 0.4) is 0 Å². The number of dihydropyridines is 1. The fourth-order valence-corrected chi connectivity index (χ4v) is 4.60. The highest BCUT2D eigenvalue weighted by atomic mass is 16.5. The Balaban J connectivity index is 2.25. The number of esters is 2. The molecule has 1 aliphatic carbocycles. The molecule has 1 heterocycles. The summed E-state index contributed by atoms with van der Waals surface area (Å²) in [5.41, 5.74) is 2.53. The summed E-state index contributed by atoms with van der Waals surface area (Å²) in [5.74, 6) is -2.45. The third-order valence-electron chi connectivity index (χ3n) is 6.15. The average Bonchev–Trinajstić information content (AvgIpc) is 2.80. The summed E-state index contributed by atoms with van der Waals surface area (Å²) >= 11 is 0. The summed E-state index contributed by atoms with van der Waals surface area (Å²) in [6.07, 6.45) is 1.12. The van der Waals surface area contributed by atoms with Crippen molar-refractivity contribution >= 4 is 17.7 Å². The van der Waals surface area contributed by atoms with E-state index < -0.39 is 23.8 Å². The van der Waals surface area contributed by atoms with Crippen LogP contribution in [-0.2, 0) is 23.9 Å². The van der Waals surface area contributed by atoms with E-state index in [2.05, 4.69) is 5.32 Å². The van der Waals surface area contributed by atoms with Crippen molar-refractivity contribution in [2.24, 2.45) is 11.8 Å². The van der Waals surface area contributed by atoms with Crippen LogP contribution in [0.15, 0.2) is 40.7 Å². The van der Waals surface area contributed by atoms with Crippen LogP contribution >= 0.6 is 0 Å². The molecule has 0 aromatic heterocycles. The van der Waals surface area contributed by atoms with Gasteiger partial charge < -0.3 is 24.3 Å². The quantitative estimate of drug-likeness (QED) is 0.492. The van der Waals surface area contributed by atoms with Crippen molar-refractivity contribution in [2.45, 2.75) is 39.5 Å². The van der Waals surface area contributed by atoms with E-state index in [1.165, 1.54) is 21.3 Å². The van der Waals surface area contributed by atoms with Crippen LogP contribution in [0.1, 0.15) is 45.1 Å². The molecule has 0 saturated heterocycles. The topological polar surface area (TPSA) is 100 Å². The lowest BCUT2D eigenvalue weighted by Gasteiger charge is -2.38. The maximum absolute atomic E-state index is 13.8. The Hall–Kier alpha value is -3.29. The lowest BCUT2D eigenvalue weighted by Crippen LogP contribution is -2.43. The van der Waals surface area contributed by atoms with Crippen molar-refractivity contribution in [1.29, 1.82) is 0 Å². The van der Waals surface area contributed by atoms with Gasteiger partial charge in [-0.1, -0.05) is 13.8 Å². The Morgan fingerprint density at radius 3 is 2.48 bits per heavy atom. The first kappa shape index (κ1) is 24.4. The largest absolute Gasteiger partial charge is 0.497 e. The molecule has 0 saturated carbocycles. The lowest BCUT2D eigenvalue weighted by molar-refractivity contribution is -0.151. The molecule has 0 bridgehead atoms. The van der Waals surface area contributed by atoms with Gasteiger partial charge in [-0.05, 0) is 43.9 Å². The van der Waals surface area contributed by atoms with Crippen LogP contribution in [0.25, 0.3) is 0 Å². The second-order valence-electron chi connectivity index (χ2n) is 8.28. The number of allylic oxidation sites excluding steroid dienone is 3. The van der Waals surface area contributed by atoms with Gasteiger partial charge in [0.05, 0.1) is 39.4 Å². The minimum absolute atomic E-state index is 0.249. The number of hydrogen-bond acceptors (Lipinski definition) is 8. The molecular formula is C25H31NO7. The number of Topliss-reactive ketones (excluding diaryl/α,β-unsaturated/α-hetero) is 1. The Morgan fingerprint density at radius 2 is 1.88 bits per heavy atom. The summed E-state index contributed by atoms with van der Waals surface area (Å²) in [6.45, 7) is 5.78. The molecule has 8 heteroatoms. The highest BCUT2D eigenvalue weighted by Gasteiger charge is 2.48. The van der Waals surface area contributed by atoms with Crippen molar-refractivity contribution in [3.63, 3.8) is 0 Å². The van der Waals surface area contributed by atoms with E-state index in [-0.39, 0.29) is 18.3 Å². The second kappa shape index (κ2) is 10.1. The normalized spacial score (nSPS) is 22.4. The van der Waals surface area contributed by atoms with Crippen molar-refractivity contribution in [2.75, 3.05) is 27.9 Å². The maximum Gasteiger partial charge on any atom is 0.336 e. The number of nitrogens with one attached hydrogen (secondary N) is 1. The molecule has 3 atom stereocenters. The summed E-state index contributed by atoms with van der Waals surface area (Å²) in [6, 6.07) is 5.22. The van der Waals surface area contributed by atoms with Gasteiger partial charge >= 0.3 is 11.9 Å². The van der Waals surface area contributed by atoms with E-state index in [4.69, 9.17) is 18.9 Å². The molecule has 0 amide bonds.